The fourth-order valence-corrected chi connectivity index (χ4v) is 1.86. The summed E-state index contributed by atoms with van der Waals surface area (Å²) < 4.78 is 5.20. The summed E-state index contributed by atoms with van der Waals surface area (Å²) in [7, 11) is 3.48. The van der Waals surface area contributed by atoms with Crippen molar-refractivity contribution in [3.63, 3.8) is 0 Å². The lowest BCUT2D eigenvalue weighted by atomic mass is 10.2. The van der Waals surface area contributed by atoms with Gasteiger partial charge in [-0.2, -0.15) is 0 Å². The Morgan fingerprint density at radius 2 is 2.28 bits per heavy atom. The van der Waals surface area contributed by atoms with Crippen LogP contribution in [0.15, 0.2) is 29.3 Å². The second kappa shape index (κ2) is 5.76. The lowest BCUT2D eigenvalue weighted by Gasteiger charge is -2.12. The number of hydrogen-bond donors (Lipinski definition) is 2. The Morgan fingerprint density at radius 3 is 2.89 bits per heavy atom. The lowest BCUT2D eigenvalue weighted by molar-refractivity contribution is 0.414. The Labute approximate surface area is 108 Å². The van der Waals surface area contributed by atoms with Gasteiger partial charge in [0.1, 0.15) is 5.75 Å². The predicted molar refractivity (Wildman–Crippen MR) is 73.9 cm³/mol. The predicted octanol–water partition coefficient (Wildman–Crippen LogP) is 1.77. The fourth-order valence-electron chi connectivity index (χ4n) is 1.86. The molecule has 0 bridgehead atoms. The van der Waals surface area contributed by atoms with E-state index < -0.39 is 0 Å². The van der Waals surface area contributed by atoms with Gasteiger partial charge in [0.05, 0.1) is 7.11 Å². The number of rotatable bonds is 4. The average molecular weight is 247 g/mol. The van der Waals surface area contributed by atoms with E-state index in [1.165, 1.54) is 12.0 Å². The van der Waals surface area contributed by atoms with Crippen LogP contribution in [0.5, 0.6) is 5.75 Å². The molecular formula is C14H21N3O. The van der Waals surface area contributed by atoms with Crippen LogP contribution in [0.25, 0.3) is 0 Å². The summed E-state index contributed by atoms with van der Waals surface area (Å²) in [4.78, 5) is 4.22. The van der Waals surface area contributed by atoms with Crippen LogP contribution >= 0.6 is 0 Å². The number of nitrogens with one attached hydrogen (secondary N) is 2. The van der Waals surface area contributed by atoms with E-state index in [0.29, 0.717) is 6.04 Å². The van der Waals surface area contributed by atoms with Crippen molar-refractivity contribution in [2.75, 3.05) is 14.2 Å². The summed E-state index contributed by atoms with van der Waals surface area (Å²) >= 11 is 0. The summed E-state index contributed by atoms with van der Waals surface area (Å²) in [6.45, 7) is 2.99. The number of nitrogens with zero attached hydrogens (tertiary/aromatic N) is 1. The van der Waals surface area contributed by atoms with Crippen LogP contribution in [0.1, 0.15) is 18.9 Å². The van der Waals surface area contributed by atoms with E-state index in [4.69, 9.17) is 4.74 Å². The Kier molecular flexibility index (Phi) is 4.07. The minimum absolute atomic E-state index is 0.585. The van der Waals surface area contributed by atoms with Crippen LogP contribution in [0.4, 0.5) is 0 Å². The molecule has 1 fully saturated rings. The maximum absolute atomic E-state index is 5.20. The highest BCUT2D eigenvalue weighted by atomic mass is 16.5. The highest BCUT2D eigenvalue weighted by Gasteiger charge is 2.33. The van der Waals surface area contributed by atoms with E-state index in [2.05, 4.69) is 28.6 Å². The van der Waals surface area contributed by atoms with Gasteiger partial charge in [0, 0.05) is 19.6 Å². The Balaban J connectivity index is 1.85. The molecule has 0 saturated heterocycles. The molecular weight excluding hydrogens is 226 g/mol. The van der Waals surface area contributed by atoms with Crippen LogP contribution in [0.3, 0.4) is 0 Å². The van der Waals surface area contributed by atoms with Crippen molar-refractivity contribution >= 4 is 5.96 Å². The van der Waals surface area contributed by atoms with E-state index in [-0.39, 0.29) is 0 Å². The first-order valence-corrected chi connectivity index (χ1v) is 6.33. The van der Waals surface area contributed by atoms with Crippen LogP contribution in [-0.2, 0) is 6.54 Å². The van der Waals surface area contributed by atoms with Crippen molar-refractivity contribution in [3.05, 3.63) is 29.8 Å². The molecule has 1 aromatic carbocycles. The fraction of sp³-hybridized carbons (Fsp3) is 0.500. The highest BCUT2D eigenvalue weighted by molar-refractivity contribution is 5.80. The first-order chi connectivity index (χ1) is 8.72. The first kappa shape index (κ1) is 12.7. The molecule has 2 unspecified atom stereocenters. The van der Waals surface area contributed by atoms with Crippen molar-refractivity contribution in [3.8, 4) is 5.75 Å². The van der Waals surface area contributed by atoms with E-state index in [0.717, 1.165) is 24.2 Å². The third kappa shape index (κ3) is 3.39. The molecule has 4 heteroatoms. The minimum atomic E-state index is 0.585. The van der Waals surface area contributed by atoms with Gasteiger partial charge in [0.25, 0.3) is 0 Å². The molecule has 0 aromatic heterocycles. The SMILES string of the molecule is CN=C(NCc1cccc(OC)c1)NC1CC1C. The zero-order valence-electron chi connectivity index (χ0n) is 11.2. The van der Waals surface area contributed by atoms with Gasteiger partial charge in [-0.1, -0.05) is 19.1 Å². The second-order valence-corrected chi connectivity index (χ2v) is 4.74. The van der Waals surface area contributed by atoms with Gasteiger partial charge in [-0.05, 0) is 30.0 Å². The smallest absolute Gasteiger partial charge is 0.191 e. The number of hydrogen-bond acceptors (Lipinski definition) is 2. The summed E-state index contributed by atoms with van der Waals surface area (Å²) in [5, 5.41) is 6.71. The maximum atomic E-state index is 5.20. The third-order valence-corrected chi connectivity index (χ3v) is 3.25. The normalized spacial score (nSPS) is 22.5. The molecule has 0 radical (unpaired) electrons. The Hall–Kier alpha value is -1.71. The van der Waals surface area contributed by atoms with Gasteiger partial charge < -0.3 is 15.4 Å². The Morgan fingerprint density at radius 1 is 1.50 bits per heavy atom. The second-order valence-electron chi connectivity index (χ2n) is 4.74. The monoisotopic (exact) mass is 247 g/mol. The van der Waals surface area contributed by atoms with Crippen LogP contribution in [0.2, 0.25) is 0 Å². The molecule has 0 heterocycles. The van der Waals surface area contributed by atoms with Crippen molar-refractivity contribution < 1.29 is 4.74 Å². The molecule has 0 aliphatic heterocycles. The number of ether oxygens (including phenoxy) is 1. The highest BCUT2D eigenvalue weighted by Crippen LogP contribution is 2.28. The lowest BCUT2D eigenvalue weighted by Crippen LogP contribution is -2.38. The van der Waals surface area contributed by atoms with Gasteiger partial charge in [-0.15, -0.1) is 0 Å². The molecule has 98 valence electrons. The quantitative estimate of drug-likeness (QED) is 0.629. The molecule has 4 nitrogen and oxygen atoms in total. The topological polar surface area (TPSA) is 45.7 Å². The molecule has 0 amide bonds. The summed E-state index contributed by atoms with van der Waals surface area (Å²) in [5.41, 5.74) is 1.18. The largest absolute Gasteiger partial charge is 0.497 e. The van der Waals surface area contributed by atoms with Gasteiger partial charge in [-0.3, -0.25) is 4.99 Å². The zero-order chi connectivity index (χ0) is 13.0. The summed E-state index contributed by atoms with van der Waals surface area (Å²) in [5.74, 6) is 2.51. The number of methoxy groups -OCH3 is 1. The molecule has 18 heavy (non-hydrogen) atoms. The van der Waals surface area contributed by atoms with Gasteiger partial charge in [-0.25, -0.2) is 0 Å². The van der Waals surface area contributed by atoms with E-state index >= 15 is 0 Å². The number of guanidine groups is 1. The maximum Gasteiger partial charge on any atom is 0.191 e. The molecule has 1 aliphatic rings. The standard InChI is InChI=1S/C14H21N3O/c1-10-7-13(10)17-14(15-2)16-9-11-5-4-6-12(8-11)18-3/h4-6,8,10,13H,7,9H2,1-3H3,(H2,15,16,17). The molecule has 1 saturated carbocycles. The number of aliphatic imine (C=N–C) groups is 1. The molecule has 2 N–H and O–H groups in total. The van der Waals surface area contributed by atoms with E-state index in [1.54, 1.807) is 14.2 Å². The van der Waals surface area contributed by atoms with Crippen LogP contribution < -0.4 is 15.4 Å². The van der Waals surface area contributed by atoms with Gasteiger partial charge in [0.15, 0.2) is 5.96 Å². The molecule has 1 aliphatic carbocycles. The Bertz CT molecular complexity index is 431. The van der Waals surface area contributed by atoms with E-state index in [1.807, 2.05) is 18.2 Å². The van der Waals surface area contributed by atoms with Crippen molar-refractivity contribution in [2.24, 2.45) is 10.9 Å². The number of benzene rings is 1. The van der Waals surface area contributed by atoms with Crippen LogP contribution in [-0.4, -0.2) is 26.2 Å². The molecule has 2 atom stereocenters. The minimum Gasteiger partial charge on any atom is -0.497 e. The first-order valence-electron chi connectivity index (χ1n) is 6.33. The molecule has 2 rings (SSSR count). The average Bonchev–Trinajstić information content (AvgIpc) is 3.10. The molecule has 1 aromatic rings. The third-order valence-electron chi connectivity index (χ3n) is 3.25. The van der Waals surface area contributed by atoms with Crippen molar-refractivity contribution in [1.29, 1.82) is 0 Å². The van der Waals surface area contributed by atoms with Crippen molar-refractivity contribution in [2.45, 2.75) is 25.9 Å². The van der Waals surface area contributed by atoms with Crippen LogP contribution in [0, 0.1) is 5.92 Å². The summed E-state index contributed by atoms with van der Waals surface area (Å²) in [6, 6.07) is 8.63. The summed E-state index contributed by atoms with van der Waals surface area (Å²) in [6.07, 6.45) is 1.24. The van der Waals surface area contributed by atoms with Gasteiger partial charge in [0.2, 0.25) is 0 Å². The van der Waals surface area contributed by atoms with Crippen molar-refractivity contribution in [1.82, 2.24) is 10.6 Å². The zero-order valence-corrected chi connectivity index (χ0v) is 11.2. The van der Waals surface area contributed by atoms with Gasteiger partial charge >= 0.3 is 0 Å². The van der Waals surface area contributed by atoms with E-state index in [9.17, 15) is 0 Å². The molecule has 0 spiro atoms.